The Hall–Kier alpha value is -1.39. The molecule has 0 bridgehead atoms. The maximum absolute atomic E-state index is 10.9. The second-order valence-electron chi connectivity index (χ2n) is 5.86. The second kappa shape index (κ2) is 8.15. The van der Waals surface area contributed by atoms with Crippen LogP contribution in [-0.2, 0) is 0 Å². The number of nitro benzene ring substituents is 1. The van der Waals surface area contributed by atoms with E-state index in [4.69, 9.17) is 11.6 Å². The first-order chi connectivity index (χ1) is 9.81. The maximum Gasteiger partial charge on any atom is 0.270 e. The normalized spacial score (nSPS) is 12.2. The minimum absolute atomic E-state index is 0.0592. The molecule has 1 aromatic rings. The van der Waals surface area contributed by atoms with E-state index in [1.54, 1.807) is 6.07 Å². The van der Waals surface area contributed by atoms with Gasteiger partial charge in [0.15, 0.2) is 0 Å². The zero-order chi connectivity index (χ0) is 16.0. The van der Waals surface area contributed by atoms with Crippen LogP contribution >= 0.6 is 11.6 Å². The first-order valence-corrected chi connectivity index (χ1v) is 7.54. The molecule has 5 heteroatoms. The van der Waals surface area contributed by atoms with Gasteiger partial charge in [-0.1, -0.05) is 50.9 Å². The minimum Gasteiger partial charge on any atom is -0.313 e. The molecule has 0 aliphatic rings. The molecule has 0 saturated heterocycles. The first kappa shape index (κ1) is 17.7. The number of benzene rings is 1. The van der Waals surface area contributed by atoms with E-state index in [1.807, 2.05) is 6.08 Å². The van der Waals surface area contributed by atoms with E-state index < -0.39 is 4.92 Å². The van der Waals surface area contributed by atoms with E-state index in [9.17, 15) is 10.1 Å². The van der Waals surface area contributed by atoms with Crippen molar-refractivity contribution in [2.45, 2.75) is 27.7 Å². The average Bonchev–Trinajstić information content (AvgIpc) is 2.38. The summed E-state index contributed by atoms with van der Waals surface area (Å²) in [7, 11) is 0. The van der Waals surface area contributed by atoms with Crippen molar-refractivity contribution in [3.63, 3.8) is 0 Å². The first-order valence-electron chi connectivity index (χ1n) is 7.16. The van der Waals surface area contributed by atoms with Gasteiger partial charge in [-0.2, -0.15) is 0 Å². The molecule has 0 aliphatic carbocycles. The summed E-state index contributed by atoms with van der Waals surface area (Å²) in [6.45, 7) is 10.2. The van der Waals surface area contributed by atoms with Crippen molar-refractivity contribution >= 4 is 23.4 Å². The zero-order valence-corrected chi connectivity index (χ0v) is 13.8. The lowest BCUT2D eigenvalue weighted by atomic mass is 9.99. The quantitative estimate of drug-likeness (QED) is 0.594. The molecule has 0 aliphatic heterocycles. The van der Waals surface area contributed by atoms with Gasteiger partial charge in [-0.3, -0.25) is 10.1 Å². The van der Waals surface area contributed by atoms with Crippen molar-refractivity contribution in [3.8, 4) is 0 Å². The fourth-order valence-electron chi connectivity index (χ4n) is 1.88. The highest BCUT2D eigenvalue weighted by Crippen LogP contribution is 2.25. The van der Waals surface area contributed by atoms with Gasteiger partial charge in [0, 0.05) is 23.7 Å². The van der Waals surface area contributed by atoms with E-state index in [0.717, 1.165) is 13.1 Å². The third-order valence-electron chi connectivity index (χ3n) is 3.15. The van der Waals surface area contributed by atoms with Crippen molar-refractivity contribution in [2.75, 3.05) is 13.1 Å². The molecule has 1 rings (SSSR count). The third kappa shape index (κ3) is 5.86. The number of nitrogens with one attached hydrogen (secondary N) is 1. The summed E-state index contributed by atoms with van der Waals surface area (Å²) in [6, 6.07) is 4.52. The monoisotopic (exact) mass is 310 g/mol. The number of hydrogen-bond donors (Lipinski definition) is 1. The minimum atomic E-state index is -0.403. The van der Waals surface area contributed by atoms with Gasteiger partial charge in [-0.25, -0.2) is 0 Å². The van der Waals surface area contributed by atoms with Crippen LogP contribution in [-0.4, -0.2) is 18.0 Å². The summed E-state index contributed by atoms with van der Waals surface area (Å²) in [5.74, 6) is 0.930. The Bertz CT molecular complexity index is 525. The predicted molar refractivity (Wildman–Crippen MR) is 88.6 cm³/mol. The number of halogens is 1. The summed E-state index contributed by atoms with van der Waals surface area (Å²) in [6.07, 6.45) is 1.95. The van der Waals surface area contributed by atoms with E-state index >= 15 is 0 Å². The predicted octanol–water partition coefficient (Wildman–Crippen LogP) is 4.53. The van der Waals surface area contributed by atoms with E-state index in [2.05, 4.69) is 33.0 Å². The topological polar surface area (TPSA) is 55.2 Å². The van der Waals surface area contributed by atoms with Crippen LogP contribution in [0.25, 0.3) is 6.08 Å². The SMILES string of the molecule is CC(C)CNCC(=Cc1cc([N+](=O)[O-])ccc1Cl)C(C)C. The highest BCUT2D eigenvalue weighted by Gasteiger charge is 2.10. The van der Waals surface area contributed by atoms with Crippen molar-refractivity contribution in [1.29, 1.82) is 0 Å². The Morgan fingerprint density at radius 2 is 2.05 bits per heavy atom. The molecule has 0 spiro atoms. The number of non-ortho nitro benzene ring substituents is 1. The number of hydrogen-bond acceptors (Lipinski definition) is 3. The Morgan fingerprint density at radius 1 is 1.38 bits per heavy atom. The van der Waals surface area contributed by atoms with Gasteiger partial charge in [0.2, 0.25) is 0 Å². The van der Waals surface area contributed by atoms with Gasteiger partial charge in [0.05, 0.1) is 4.92 Å². The van der Waals surface area contributed by atoms with E-state index in [-0.39, 0.29) is 5.69 Å². The van der Waals surface area contributed by atoms with Crippen LogP contribution in [0.15, 0.2) is 23.8 Å². The van der Waals surface area contributed by atoms with Crippen LogP contribution in [0, 0.1) is 22.0 Å². The average molecular weight is 311 g/mol. The summed E-state index contributed by atoms with van der Waals surface area (Å²) in [5.41, 5.74) is 1.93. The number of nitrogens with zero attached hydrogens (tertiary/aromatic N) is 1. The van der Waals surface area contributed by atoms with Crippen LogP contribution in [0.5, 0.6) is 0 Å². The molecule has 1 aromatic carbocycles. The van der Waals surface area contributed by atoms with Gasteiger partial charge < -0.3 is 5.32 Å². The molecule has 4 nitrogen and oxygen atoms in total. The Labute approximate surface area is 131 Å². The lowest BCUT2D eigenvalue weighted by molar-refractivity contribution is -0.384. The lowest BCUT2D eigenvalue weighted by Crippen LogP contribution is -2.23. The molecule has 0 aromatic heterocycles. The lowest BCUT2D eigenvalue weighted by Gasteiger charge is -2.14. The zero-order valence-electron chi connectivity index (χ0n) is 13.0. The van der Waals surface area contributed by atoms with E-state index in [1.165, 1.54) is 17.7 Å². The molecule has 0 atom stereocenters. The maximum atomic E-state index is 10.9. The molecule has 0 saturated carbocycles. The molecular weight excluding hydrogens is 288 g/mol. The van der Waals surface area contributed by atoms with Crippen LogP contribution in [0.2, 0.25) is 5.02 Å². The fourth-order valence-corrected chi connectivity index (χ4v) is 2.05. The van der Waals surface area contributed by atoms with Gasteiger partial charge in [0.25, 0.3) is 5.69 Å². The van der Waals surface area contributed by atoms with Crippen LogP contribution in [0.3, 0.4) is 0 Å². The Kier molecular flexibility index (Phi) is 6.85. The molecule has 1 N–H and O–H groups in total. The third-order valence-corrected chi connectivity index (χ3v) is 3.50. The van der Waals surface area contributed by atoms with Gasteiger partial charge in [0.1, 0.15) is 0 Å². The van der Waals surface area contributed by atoms with Crippen molar-refractivity contribution in [1.82, 2.24) is 5.32 Å². The largest absolute Gasteiger partial charge is 0.313 e. The molecule has 0 fully saturated rings. The van der Waals surface area contributed by atoms with Crippen molar-refractivity contribution in [2.24, 2.45) is 11.8 Å². The molecule has 0 radical (unpaired) electrons. The molecule has 0 amide bonds. The molecule has 0 heterocycles. The smallest absolute Gasteiger partial charge is 0.270 e. The summed E-state index contributed by atoms with van der Waals surface area (Å²) in [4.78, 5) is 10.5. The van der Waals surface area contributed by atoms with Gasteiger partial charge >= 0.3 is 0 Å². The summed E-state index contributed by atoms with van der Waals surface area (Å²) in [5, 5.41) is 14.8. The number of rotatable bonds is 7. The number of nitro groups is 1. The van der Waals surface area contributed by atoms with Crippen LogP contribution in [0.1, 0.15) is 33.3 Å². The van der Waals surface area contributed by atoms with Gasteiger partial charge in [-0.15, -0.1) is 0 Å². The van der Waals surface area contributed by atoms with Gasteiger partial charge in [-0.05, 0) is 30.0 Å². The Balaban J connectivity index is 2.99. The highest BCUT2D eigenvalue weighted by molar-refractivity contribution is 6.32. The summed E-state index contributed by atoms with van der Waals surface area (Å²) < 4.78 is 0. The second-order valence-corrected chi connectivity index (χ2v) is 6.27. The van der Waals surface area contributed by atoms with Crippen LogP contribution in [0.4, 0.5) is 5.69 Å². The Morgan fingerprint density at radius 3 is 2.57 bits per heavy atom. The van der Waals surface area contributed by atoms with E-state index in [0.29, 0.717) is 22.4 Å². The molecular formula is C16H23ClN2O2. The molecule has 0 unspecified atom stereocenters. The standard InChI is InChI=1S/C16H23ClN2O2/c1-11(2)9-18-10-14(12(3)4)7-13-8-15(19(20)21)5-6-16(13)17/h5-8,11-12,18H,9-10H2,1-4H3. The fraction of sp³-hybridized carbons (Fsp3) is 0.500. The highest BCUT2D eigenvalue weighted by atomic mass is 35.5. The molecule has 116 valence electrons. The van der Waals surface area contributed by atoms with Crippen molar-refractivity contribution in [3.05, 3.63) is 44.5 Å². The molecule has 21 heavy (non-hydrogen) atoms. The summed E-state index contributed by atoms with van der Waals surface area (Å²) >= 11 is 6.15. The van der Waals surface area contributed by atoms with Crippen LogP contribution < -0.4 is 5.32 Å². The van der Waals surface area contributed by atoms with Crippen molar-refractivity contribution < 1.29 is 4.92 Å².